The molecule has 1 aromatic carbocycles. The number of aliphatic hydroxyl groups excluding tert-OH is 1. The van der Waals surface area contributed by atoms with Gasteiger partial charge in [-0.25, -0.2) is 9.78 Å². The smallest absolute Gasteiger partial charge is 0.355 e. The van der Waals surface area contributed by atoms with Crippen LogP contribution >= 0.6 is 0 Å². The number of hydrogen-bond donors (Lipinski definition) is 2. The molecule has 206 valence electrons. The second kappa shape index (κ2) is 11.5. The van der Waals surface area contributed by atoms with E-state index in [2.05, 4.69) is 9.97 Å². The number of ketones is 1. The molecule has 0 unspecified atom stereocenters. The van der Waals surface area contributed by atoms with E-state index in [0.29, 0.717) is 41.3 Å². The number of imidazole rings is 1. The SMILES string of the molecule is CCOC(=O)c1[nH]c(C)c(/C(O)=C2\C(=O)C(=O)N(CCCn3ccnc3)[C@@H]2c2ccc(OC)c(OC)c2)c1C. The molecule has 2 aromatic heterocycles. The van der Waals surface area contributed by atoms with Crippen molar-refractivity contribution < 1.29 is 33.7 Å². The highest BCUT2D eigenvalue weighted by Crippen LogP contribution is 2.43. The highest BCUT2D eigenvalue weighted by atomic mass is 16.5. The Hall–Kier alpha value is -4.54. The van der Waals surface area contributed by atoms with Crippen molar-refractivity contribution in [2.45, 2.75) is 39.8 Å². The molecule has 11 heteroatoms. The first-order valence-electron chi connectivity index (χ1n) is 12.6. The molecular formula is C28H32N4O7. The minimum Gasteiger partial charge on any atom is -0.507 e. The zero-order valence-corrected chi connectivity index (χ0v) is 22.6. The Bertz CT molecular complexity index is 1420. The fourth-order valence-corrected chi connectivity index (χ4v) is 4.97. The molecule has 0 aliphatic carbocycles. The number of rotatable bonds is 10. The zero-order valence-electron chi connectivity index (χ0n) is 22.6. The number of ether oxygens (including phenoxy) is 3. The van der Waals surface area contributed by atoms with Crippen LogP contribution in [0.3, 0.4) is 0 Å². The van der Waals surface area contributed by atoms with Crippen molar-refractivity contribution in [2.75, 3.05) is 27.4 Å². The second-order valence-electron chi connectivity index (χ2n) is 9.11. The van der Waals surface area contributed by atoms with Crippen LogP contribution in [0.15, 0.2) is 42.5 Å². The summed E-state index contributed by atoms with van der Waals surface area (Å²) in [5.41, 5.74) is 1.82. The molecule has 3 aromatic rings. The fourth-order valence-electron chi connectivity index (χ4n) is 4.97. The summed E-state index contributed by atoms with van der Waals surface area (Å²) in [4.78, 5) is 47.7. The number of methoxy groups -OCH3 is 2. The molecule has 0 saturated carbocycles. The van der Waals surface area contributed by atoms with Gasteiger partial charge in [0.25, 0.3) is 11.7 Å². The van der Waals surface area contributed by atoms with Crippen LogP contribution < -0.4 is 9.47 Å². The summed E-state index contributed by atoms with van der Waals surface area (Å²) in [6, 6.07) is 4.21. The monoisotopic (exact) mass is 536 g/mol. The van der Waals surface area contributed by atoms with Gasteiger partial charge >= 0.3 is 5.97 Å². The van der Waals surface area contributed by atoms with E-state index in [9.17, 15) is 19.5 Å². The molecule has 0 bridgehead atoms. The summed E-state index contributed by atoms with van der Waals surface area (Å²) >= 11 is 0. The number of nitrogens with one attached hydrogen (secondary N) is 1. The number of esters is 1. The second-order valence-corrected chi connectivity index (χ2v) is 9.11. The van der Waals surface area contributed by atoms with E-state index in [1.165, 1.54) is 19.1 Å². The lowest BCUT2D eigenvalue weighted by Gasteiger charge is -2.26. The fraction of sp³-hybridized carbons (Fsp3) is 0.357. The third kappa shape index (κ3) is 5.12. The number of aryl methyl sites for hydroxylation is 2. The number of H-pyrrole nitrogens is 1. The molecule has 1 aliphatic heterocycles. The van der Waals surface area contributed by atoms with E-state index in [1.54, 1.807) is 51.5 Å². The minimum absolute atomic E-state index is 0.0736. The van der Waals surface area contributed by atoms with Crippen molar-refractivity contribution in [1.82, 2.24) is 19.4 Å². The molecule has 0 spiro atoms. The maximum Gasteiger partial charge on any atom is 0.355 e. The lowest BCUT2D eigenvalue weighted by Crippen LogP contribution is -2.31. The maximum atomic E-state index is 13.5. The lowest BCUT2D eigenvalue weighted by molar-refractivity contribution is -0.139. The summed E-state index contributed by atoms with van der Waals surface area (Å²) in [6.07, 6.45) is 5.71. The number of carbonyl (C=O) groups excluding carboxylic acids is 3. The van der Waals surface area contributed by atoms with Crippen molar-refractivity contribution in [3.8, 4) is 11.5 Å². The topological polar surface area (TPSA) is 136 Å². The molecule has 1 amide bonds. The molecule has 2 N–H and O–H groups in total. The van der Waals surface area contributed by atoms with Crippen LogP contribution in [0.25, 0.3) is 5.76 Å². The van der Waals surface area contributed by atoms with Gasteiger partial charge in [0.15, 0.2) is 11.5 Å². The van der Waals surface area contributed by atoms with Crippen LogP contribution in [-0.2, 0) is 20.9 Å². The molecule has 1 aliphatic rings. The first-order valence-corrected chi connectivity index (χ1v) is 12.6. The largest absolute Gasteiger partial charge is 0.507 e. The zero-order chi connectivity index (χ0) is 28.3. The number of nitrogens with zero attached hydrogens (tertiary/aromatic N) is 3. The standard InChI is InChI=1S/C28H32N4O7/c1-6-39-28(36)23-16(2)21(17(3)30-23)25(33)22-24(18-8-9-19(37-4)20(14-18)38-5)32(27(35)26(22)34)12-7-11-31-13-10-29-15-31/h8-10,13-15,24,30,33H,6-7,11-12H2,1-5H3/b25-22+/t24-/m1/s1. The van der Waals surface area contributed by atoms with Gasteiger partial charge in [-0.15, -0.1) is 0 Å². The Balaban J connectivity index is 1.83. The van der Waals surface area contributed by atoms with Gasteiger partial charge < -0.3 is 33.8 Å². The first kappa shape index (κ1) is 27.5. The van der Waals surface area contributed by atoms with Crippen LogP contribution in [0, 0.1) is 13.8 Å². The number of hydrogen-bond acceptors (Lipinski definition) is 8. The average molecular weight is 537 g/mol. The van der Waals surface area contributed by atoms with Gasteiger partial charge in [-0.05, 0) is 50.5 Å². The lowest BCUT2D eigenvalue weighted by atomic mass is 9.93. The summed E-state index contributed by atoms with van der Waals surface area (Å²) in [7, 11) is 3.01. The van der Waals surface area contributed by atoms with Gasteiger partial charge in [0.05, 0.1) is 38.8 Å². The first-order chi connectivity index (χ1) is 18.7. The number of aliphatic hydroxyl groups is 1. The summed E-state index contributed by atoms with van der Waals surface area (Å²) in [5, 5.41) is 11.6. The molecule has 3 heterocycles. The number of aromatic nitrogens is 3. The predicted molar refractivity (Wildman–Crippen MR) is 142 cm³/mol. The van der Waals surface area contributed by atoms with E-state index in [1.807, 2.05) is 10.8 Å². The molecule has 39 heavy (non-hydrogen) atoms. The van der Waals surface area contributed by atoms with E-state index < -0.39 is 23.7 Å². The van der Waals surface area contributed by atoms with Gasteiger partial charge in [0, 0.05) is 36.7 Å². The Kier molecular flexibility index (Phi) is 8.08. The van der Waals surface area contributed by atoms with Crippen LogP contribution in [0.2, 0.25) is 0 Å². The molecule has 1 atom stereocenters. The number of Topliss-reactive ketones (excluding diaryl/α,β-unsaturated/α-hetero) is 1. The Labute approximate surface area is 226 Å². The highest BCUT2D eigenvalue weighted by molar-refractivity contribution is 6.46. The highest BCUT2D eigenvalue weighted by Gasteiger charge is 2.46. The quantitative estimate of drug-likeness (QED) is 0.174. The normalized spacial score (nSPS) is 16.5. The number of aromatic amines is 1. The molecule has 0 radical (unpaired) electrons. The number of likely N-dealkylation sites (tertiary alicyclic amines) is 1. The third-order valence-electron chi connectivity index (χ3n) is 6.79. The van der Waals surface area contributed by atoms with Crippen molar-refractivity contribution in [2.24, 2.45) is 0 Å². The number of carbonyl (C=O) groups is 3. The third-order valence-corrected chi connectivity index (χ3v) is 6.79. The van der Waals surface area contributed by atoms with Crippen LogP contribution in [0.5, 0.6) is 11.5 Å². The molecule has 4 rings (SSSR count). The molecule has 1 saturated heterocycles. The number of benzene rings is 1. The van der Waals surface area contributed by atoms with Crippen LogP contribution in [0.1, 0.15) is 52.3 Å². The predicted octanol–water partition coefficient (Wildman–Crippen LogP) is 3.53. The van der Waals surface area contributed by atoms with Crippen molar-refractivity contribution in [3.05, 3.63) is 70.6 Å². The van der Waals surface area contributed by atoms with Crippen LogP contribution in [-0.4, -0.2) is 69.6 Å². The Morgan fingerprint density at radius 1 is 1.13 bits per heavy atom. The summed E-state index contributed by atoms with van der Waals surface area (Å²) in [5.74, 6) is -1.58. The van der Waals surface area contributed by atoms with E-state index in [4.69, 9.17) is 14.2 Å². The average Bonchev–Trinajstić information content (AvgIpc) is 3.61. The van der Waals surface area contributed by atoms with Crippen molar-refractivity contribution in [1.29, 1.82) is 0 Å². The minimum atomic E-state index is -0.896. The molecular weight excluding hydrogens is 504 g/mol. The van der Waals surface area contributed by atoms with Gasteiger partial charge in [-0.1, -0.05) is 6.07 Å². The van der Waals surface area contributed by atoms with Gasteiger partial charge in [-0.2, -0.15) is 0 Å². The van der Waals surface area contributed by atoms with E-state index >= 15 is 0 Å². The number of amides is 1. The van der Waals surface area contributed by atoms with Gasteiger partial charge in [0.2, 0.25) is 0 Å². The van der Waals surface area contributed by atoms with E-state index in [-0.39, 0.29) is 35.7 Å². The van der Waals surface area contributed by atoms with Crippen molar-refractivity contribution in [3.63, 3.8) is 0 Å². The molecule has 11 nitrogen and oxygen atoms in total. The van der Waals surface area contributed by atoms with E-state index in [0.717, 1.165) is 0 Å². The molecule has 1 fully saturated rings. The maximum absolute atomic E-state index is 13.5. The summed E-state index contributed by atoms with van der Waals surface area (Å²) in [6.45, 7) is 6.04. The van der Waals surface area contributed by atoms with Crippen LogP contribution in [0.4, 0.5) is 0 Å². The Morgan fingerprint density at radius 3 is 2.51 bits per heavy atom. The summed E-state index contributed by atoms with van der Waals surface area (Å²) < 4.78 is 17.8. The van der Waals surface area contributed by atoms with Gasteiger partial charge in [-0.3, -0.25) is 9.59 Å². The van der Waals surface area contributed by atoms with Crippen molar-refractivity contribution >= 4 is 23.4 Å². The van der Waals surface area contributed by atoms with Gasteiger partial charge in [0.1, 0.15) is 11.5 Å². The Morgan fingerprint density at radius 2 is 1.87 bits per heavy atom.